The SMILES string of the molecule is C[C@@H]1CCCN(C[C@H](C)NC(=O)Nc2ccc(F)cc2)C1. The number of piperidine rings is 1. The number of benzene rings is 1. The van der Waals surface area contributed by atoms with Gasteiger partial charge in [0.2, 0.25) is 0 Å². The molecule has 5 heteroatoms. The molecule has 0 unspecified atom stereocenters. The van der Waals surface area contributed by atoms with Crippen LogP contribution in [0, 0.1) is 11.7 Å². The quantitative estimate of drug-likeness (QED) is 0.896. The fourth-order valence-corrected chi connectivity index (χ4v) is 2.81. The van der Waals surface area contributed by atoms with E-state index < -0.39 is 0 Å². The Morgan fingerprint density at radius 1 is 1.43 bits per heavy atom. The Labute approximate surface area is 125 Å². The van der Waals surface area contributed by atoms with Crippen molar-refractivity contribution in [3.8, 4) is 0 Å². The number of carbonyl (C=O) groups is 1. The maximum Gasteiger partial charge on any atom is 0.319 e. The van der Waals surface area contributed by atoms with E-state index in [0.29, 0.717) is 5.69 Å². The standard InChI is InChI=1S/C16H24FN3O/c1-12-4-3-9-20(10-12)11-13(2)18-16(21)19-15-7-5-14(17)6-8-15/h5-8,12-13H,3-4,9-11H2,1-2H3,(H2,18,19,21)/t12-,13+/m1/s1. The van der Waals surface area contributed by atoms with E-state index in [0.717, 1.165) is 25.6 Å². The van der Waals surface area contributed by atoms with Crippen LogP contribution in [0.5, 0.6) is 0 Å². The monoisotopic (exact) mass is 293 g/mol. The number of halogens is 1. The first kappa shape index (κ1) is 15.8. The Bertz CT molecular complexity index is 463. The molecule has 2 atom stereocenters. The molecule has 0 aliphatic carbocycles. The van der Waals surface area contributed by atoms with Crippen LogP contribution in [0.1, 0.15) is 26.7 Å². The second-order valence-electron chi connectivity index (χ2n) is 6.01. The summed E-state index contributed by atoms with van der Waals surface area (Å²) in [4.78, 5) is 14.3. The summed E-state index contributed by atoms with van der Waals surface area (Å²) in [6.45, 7) is 7.34. The zero-order chi connectivity index (χ0) is 15.2. The summed E-state index contributed by atoms with van der Waals surface area (Å²) in [5.74, 6) is 0.424. The molecule has 2 N–H and O–H groups in total. The summed E-state index contributed by atoms with van der Waals surface area (Å²) in [5.41, 5.74) is 0.590. The molecular weight excluding hydrogens is 269 g/mol. The number of rotatable bonds is 4. The smallest absolute Gasteiger partial charge is 0.319 e. The van der Waals surface area contributed by atoms with E-state index in [9.17, 15) is 9.18 Å². The fraction of sp³-hybridized carbons (Fsp3) is 0.562. The van der Waals surface area contributed by atoms with Gasteiger partial charge in [-0.2, -0.15) is 0 Å². The zero-order valence-electron chi connectivity index (χ0n) is 12.7. The summed E-state index contributed by atoms with van der Waals surface area (Å²) in [7, 11) is 0. The van der Waals surface area contributed by atoms with Crippen LogP contribution in [0.2, 0.25) is 0 Å². The van der Waals surface area contributed by atoms with Crippen molar-refractivity contribution >= 4 is 11.7 Å². The molecule has 21 heavy (non-hydrogen) atoms. The lowest BCUT2D eigenvalue weighted by molar-refractivity contribution is 0.170. The van der Waals surface area contributed by atoms with Crippen LogP contribution in [-0.2, 0) is 0 Å². The Kier molecular flexibility index (Phi) is 5.56. The number of urea groups is 1. The Balaban J connectivity index is 1.75. The number of hydrogen-bond acceptors (Lipinski definition) is 2. The molecule has 0 spiro atoms. The van der Waals surface area contributed by atoms with Crippen LogP contribution in [0.25, 0.3) is 0 Å². The van der Waals surface area contributed by atoms with Gasteiger partial charge in [-0.1, -0.05) is 6.92 Å². The minimum absolute atomic E-state index is 0.0794. The normalized spacial score (nSPS) is 20.8. The van der Waals surface area contributed by atoms with Gasteiger partial charge < -0.3 is 15.5 Å². The number of nitrogens with zero attached hydrogens (tertiary/aromatic N) is 1. The van der Waals surface area contributed by atoms with Crippen molar-refractivity contribution in [1.29, 1.82) is 0 Å². The van der Waals surface area contributed by atoms with Gasteiger partial charge in [0.15, 0.2) is 0 Å². The first-order valence-electron chi connectivity index (χ1n) is 7.58. The van der Waals surface area contributed by atoms with Crippen molar-refractivity contribution < 1.29 is 9.18 Å². The lowest BCUT2D eigenvalue weighted by Gasteiger charge is -2.32. The van der Waals surface area contributed by atoms with E-state index in [1.165, 1.54) is 25.0 Å². The van der Waals surface area contributed by atoms with Gasteiger partial charge in [0.05, 0.1) is 0 Å². The maximum atomic E-state index is 12.8. The van der Waals surface area contributed by atoms with Crippen molar-refractivity contribution in [2.75, 3.05) is 25.0 Å². The second kappa shape index (κ2) is 7.41. The number of likely N-dealkylation sites (tertiary alicyclic amines) is 1. The lowest BCUT2D eigenvalue weighted by Crippen LogP contribution is -2.46. The highest BCUT2D eigenvalue weighted by atomic mass is 19.1. The van der Waals surface area contributed by atoms with Crippen molar-refractivity contribution in [3.05, 3.63) is 30.1 Å². The van der Waals surface area contributed by atoms with Gasteiger partial charge in [-0.25, -0.2) is 9.18 Å². The number of carbonyl (C=O) groups excluding carboxylic acids is 1. The number of amides is 2. The third-order valence-corrected chi connectivity index (χ3v) is 3.75. The summed E-state index contributed by atoms with van der Waals surface area (Å²) in [6.07, 6.45) is 2.53. The average Bonchev–Trinajstić information content (AvgIpc) is 2.41. The van der Waals surface area contributed by atoms with Crippen molar-refractivity contribution in [1.82, 2.24) is 10.2 Å². The predicted molar refractivity (Wildman–Crippen MR) is 82.9 cm³/mol. The van der Waals surface area contributed by atoms with Gasteiger partial charge >= 0.3 is 6.03 Å². The minimum atomic E-state index is -0.312. The van der Waals surface area contributed by atoms with Crippen molar-refractivity contribution in [2.45, 2.75) is 32.7 Å². The van der Waals surface area contributed by atoms with Gasteiger partial charge in [-0.05, 0) is 56.5 Å². The molecule has 0 bridgehead atoms. The molecule has 1 fully saturated rings. The first-order valence-corrected chi connectivity index (χ1v) is 7.58. The van der Waals surface area contributed by atoms with Crippen LogP contribution in [0.4, 0.5) is 14.9 Å². The molecule has 1 aromatic rings. The summed E-state index contributed by atoms with van der Waals surface area (Å²) < 4.78 is 12.8. The summed E-state index contributed by atoms with van der Waals surface area (Å²) >= 11 is 0. The fourth-order valence-electron chi connectivity index (χ4n) is 2.81. The highest BCUT2D eigenvalue weighted by Crippen LogP contribution is 2.15. The van der Waals surface area contributed by atoms with E-state index in [1.807, 2.05) is 6.92 Å². The largest absolute Gasteiger partial charge is 0.334 e. The Morgan fingerprint density at radius 3 is 2.81 bits per heavy atom. The molecule has 1 aromatic carbocycles. The molecule has 4 nitrogen and oxygen atoms in total. The molecule has 1 aliphatic heterocycles. The van der Waals surface area contributed by atoms with Gasteiger partial charge in [-0.3, -0.25) is 0 Å². The maximum absolute atomic E-state index is 12.8. The van der Waals surface area contributed by atoms with Gasteiger partial charge in [0.25, 0.3) is 0 Å². The van der Waals surface area contributed by atoms with Crippen LogP contribution in [-0.4, -0.2) is 36.6 Å². The second-order valence-corrected chi connectivity index (χ2v) is 6.01. The van der Waals surface area contributed by atoms with E-state index >= 15 is 0 Å². The molecule has 1 aliphatic rings. The predicted octanol–water partition coefficient (Wildman–Crippen LogP) is 3.07. The van der Waals surface area contributed by atoms with E-state index in [-0.39, 0.29) is 17.9 Å². The molecule has 0 radical (unpaired) electrons. The van der Waals surface area contributed by atoms with Crippen molar-refractivity contribution in [2.24, 2.45) is 5.92 Å². The lowest BCUT2D eigenvalue weighted by atomic mass is 10.00. The molecule has 1 saturated heterocycles. The number of hydrogen-bond donors (Lipinski definition) is 2. The van der Waals surface area contributed by atoms with Crippen LogP contribution in [0.15, 0.2) is 24.3 Å². The van der Waals surface area contributed by atoms with Gasteiger partial charge in [0.1, 0.15) is 5.82 Å². The summed E-state index contributed by atoms with van der Waals surface area (Å²) in [6, 6.07) is 5.58. The molecule has 1 heterocycles. The van der Waals surface area contributed by atoms with Crippen LogP contribution in [0.3, 0.4) is 0 Å². The summed E-state index contributed by atoms with van der Waals surface area (Å²) in [5, 5.41) is 5.63. The average molecular weight is 293 g/mol. The first-order chi connectivity index (χ1) is 10.0. The molecule has 2 amide bonds. The topological polar surface area (TPSA) is 44.4 Å². The van der Waals surface area contributed by atoms with Crippen LogP contribution >= 0.6 is 0 Å². The number of nitrogens with one attached hydrogen (secondary N) is 2. The third-order valence-electron chi connectivity index (χ3n) is 3.75. The zero-order valence-corrected chi connectivity index (χ0v) is 12.7. The third kappa shape index (κ3) is 5.34. The minimum Gasteiger partial charge on any atom is -0.334 e. The van der Waals surface area contributed by atoms with Crippen molar-refractivity contribution in [3.63, 3.8) is 0 Å². The molecular formula is C16H24FN3O. The molecule has 2 rings (SSSR count). The Hall–Kier alpha value is -1.62. The molecule has 116 valence electrons. The molecule has 0 saturated carbocycles. The van der Waals surface area contributed by atoms with Gasteiger partial charge in [-0.15, -0.1) is 0 Å². The van der Waals surface area contributed by atoms with E-state index in [2.05, 4.69) is 22.5 Å². The van der Waals surface area contributed by atoms with E-state index in [4.69, 9.17) is 0 Å². The molecule has 0 aromatic heterocycles. The highest BCUT2D eigenvalue weighted by molar-refractivity contribution is 5.89. The van der Waals surface area contributed by atoms with E-state index in [1.54, 1.807) is 12.1 Å². The van der Waals surface area contributed by atoms with Crippen LogP contribution < -0.4 is 10.6 Å². The van der Waals surface area contributed by atoms with Gasteiger partial charge in [0, 0.05) is 24.8 Å². The Morgan fingerprint density at radius 2 is 2.14 bits per heavy atom. The number of anilines is 1. The highest BCUT2D eigenvalue weighted by Gasteiger charge is 2.18.